The lowest BCUT2D eigenvalue weighted by molar-refractivity contribution is -0.121. The summed E-state index contributed by atoms with van der Waals surface area (Å²) in [5.41, 5.74) is 0.914. The van der Waals surface area contributed by atoms with E-state index in [1.807, 2.05) is 4.90 Å². The van der Waals surface area contributed by atoms with E-state index in [9.17, 15) is 13.6 Å². The number of amides is 1. The van der Waals surface area contributed by atoms with Crippen molar-refractivity contribution in [3.63, 3.8) is 0 Å². The second-order valence-corrected chi connectivity index (χ2v) is 8.00. The Kier molecular flexibility index (Phi) is 6.29. The average molecular weight is 447 g/mol. The third-order valence-electron chi connectivity index (χ3n) is 5.44. The number of benzene rings is 2. The first-order valence-corrected chi connectivity index (χ1v) is 10.4. The first-order valence-electron chi connectivity index (χ1n) is 10.00. The SMILES string of the molecule is CC(C(=O)Nc1ccc(F)cc1Cl)N1CCCC(c2nc(-c3cccc(F)c3)no2)C1. The van der Waals surface area contributed by atoms with E-state index in [2.05, 4.69) is 15.5 Å². The topological polar surface area (TPSA) is 71.3 Å². The fourth-order valence-electron chi connectivity index (χ4n) is 3.70. The highest BCUT2D eigenvalue weighted by Gasteiger charge is 2.31. The smallest absolute Gasteiger partial charge is 0.241 e. The lowest BCUT2D eigenvalue weighted by Gasteiger charge is -2.34. The van der Waals surface area contributed by atoms with Gasteiger partial charge in [0.1, 0.15) is 11.6 Å². The molecular weight excluding hydrogens is 426 g/mol. The first kappa shape index (κ1) is 21.4. The molecular formula is C22H21ClF2N4O2. The van der Waals surface area contributed by atoms with Crippen LogP contribution in [0.15, 0.2) is 47.0 Å². The predicted molar refractivity (Wildman–Crippen MR) is 113 cm³/mol. The molecule has 1 N–H and O–H groups in total. The van der Waals surface area contributed by atoms with Gasteiger partial charge in [-0.05, 0) is 56.6 Å². The van der Waals surface area contributed by atoms with Crippen molar-refractivity contribution in [2.45, 2.75) is 31.7 Å². The molecule has 2 aromatic carbocycles. The molecule has 1 saturated heterocycles. The summed E-state index contributed by atoms with van der Waals surface area (Å²) in [6.07, 6.45) is 1.71. The van der Waals surface area contributed by atoms with Crippen molar-refractivity contribution >= 4 is 23.2 Å². The van der Waals surface area contributed by atoms with Crippen LogP contribution in [0.4, 0.5) is 14.5 Å². The third kappa shape index (κ3) is 4.91. The standard InChI is InChI=1S/C22H21ClF2N4O2/c1-13(21(30)26-19-8-7-17(25)11-18(19)23)29-9-3-5-15(12-29)22-27-20(28-31-22)14-4-2-6-16(24)10-14/h2,4,6-8,10-11,13,15H,3,5,9,12H2,1H3,(H,26,30). The van der Waals surface area contributed by atoms with Crippen LogP contribution in [0.3, 0.4) is 0 Å². The highest BCUT2D eigenvalue weighted by atomic mass is 35.5. The van der Waals surface area contributed by atoms with Gasteiger partial charge in [-0.1, -0.05) is 28.9 Å². The largest absolute Gasteiger partial charge is 0.339 e. The Morgan fingerprint density at radius 3 is 2.84 bits per heavy atom. The minimum absolute atomic E-state index is 0.0341. The van der Waals surface area contributed by atoms with Crippen LogP contribution in [0.2, 0.25) is 5.02 Å². The Balaban J connectivity index is 1.43. The maximum atomic E-state index is 13.5. The Labute approximate surface area is 183 Å². The summed E-state index contributed by atoms with van der Waals surface area (Å²) >= 11 is 6.01. The van der Waals surface area contributed by atoms with Crippen molar-refractivity contribution in [1.29, 1.82) is 0 Å². The molecule has 2 heterocycles. The average Bonchev–Trinajstić information content (AvgIpc) is 3.26. The van der Waals surface area contributed by atoms with Crippen LogP contribution in [0.1, 0.15) is 31.6 Å². The molecule has 1 aliphatic heterocycles. The van der Waals surface area contributed by atoms with Gasteiger partial charge in [0.25, 0.3) is 0 Å². The van der Waals surface area contributed by atoms with Gasteiger partial charge in [0.2, 0.25) is 17.6 Å². The van der Waals surface area contributed by atoms with Crippen molar-refractivity contribution in [2.24, 2.45) is 0 Å². The van der Waals surface area contributed by atoms with Crippen molar-refractivity contribution in [2.75, 3.05) is 18.4 Å². The Morgan fingerprint density at radius 1 is 1.26 bits per heavy atom. The molecule has 9 heteroatoms. The molecule has 6 nitrogen and oxygen atoms in total. The van der Waals surface area contributed by atoms with Gasteiger partial charge in [-0.25, -0.2) is 8.78 Å². The Morgan fingerprint density at radius 2 is 2.06 bits per heavy atom. The van der Waals surface area contributed by atoms with Crippen molar-refractivity contribution in [3.8, 4) is 11.4 Å². The fraction of sp³-hybridized carbons (Fsp3) is 0.318. The summed E-state index contributed by atoms with van der Waals surface area (Å²) in [5, 5.41) is 6.88. The van der Waals surface area contributed by atoms with E-state index >= 15 is 0 Å². The Bertz CT molecular complexity index is 1090. The lowest BCUT2D eigenvalue weighted by Crippen LogP contribution is -2.46. The molecule has 1 fully saturated rings. The zero-order valence-electron chi connectivity index (χ0n) is 16.8. The molecule has 0 saturated carbocycles. The zero-order chi connectivity index (χ0) is 22.0. The number of aromatic nitrogens is 2. The van der Waals surface area contributed by atoms with Gasteiger partial charge in [0, 0.05) is 12.1 Å². The van der Waals surface area contributed by atoms with E-state index in [0.717, 1.165) is 25.5 Å². The van der Waals surface area contributed by atoms with E-state index in [0.29, 0.717) is 29.5 Å². The number of hydrogen-bond acceptors (Lipinski definition) is 5. The summed E-state index contributed by atoms with van der Waals surface area (Å²) in [6, 6.07) is 9.43. The number of piperidine rings is 1. The number of hydrogen-bond donors (Lipinski definition) is 1. The molecule has 0 aliphatic carbocycles. The van der Waals surface area contributed by atoms with Crippen molar-refractivity contribution < 1.29 is 18.1 Å². The highest BCUT2D eigenvalue weighted by Crippen LogP contribution is 2.29. The predicted octanol–water partition coefficient (Wildman–Crippen LogP) is 4.87. The third-order valence-corrected chi connectivity index (χ3v) is 5.76. The summed E-state index contributed by atoms with van der Waals surface area (Å²) < 4.78 is 32.1. The van der Waals surface area contributed by atoms with E-state index < -0.39 is 11.9 Å². The summed E-state index contributed by atoms with van der Waals surface area (Å²) in [6.45, 7) is 3.12. The normalized spacial score (nSPS) is 18.0. The molecule has 0 bridgehead atoms. The van der Waals surface area contributed by atoms with E-state index in [1.165, 1.54) is 24.3 Å². The summed E-state index contributed by atoms with van der Waals surface area (Å²) in [7, 11) is 0. The molecule has 2 atom stereocenters. The van der Waals surface area contributed by atoms with E-state index in [-0.39, 0.29) is 22.7 Å². The summed E-state index contributed by atoms with van der Waals surface area (Å²) in [4.78, 5) is 19.2. The highest BCUT2D eigenvalue weighted by molar-refractivity contribution is 6.33. The second kappa shape index (κ2) is 9.11. The summed E-state index contributed by atoms with van der Waals surface area (Å²) in [5.74, 6) is -0.296. The lowest BCUT2D eigenvalue weighted by atomic mass is 9.96. The van der Waals surface area contributed by atoms with Gasteiger partial charge in [-0.15, -0.1) is 0 Å². The number of halogens is 3. The van der Waals surface area contributed by atoms with E-state index in [1.54, 1.807) is 19.1 Å². The van der Waals surface area contributed by atoms with Crippen molar-refractivity contribution in [1.82, 2.24) is 15.0 Å². The molecule has 162 valence electrons. The zero-order valence-corrected chi connectivity index (χ0v) is 17.6. The molecule has 31 heavy (non-hydrogen) atoms. The van der Waals surface area contributed by atoms with Gasteiger partial charge in [-0.3, -0.25) is 9.69 Å². The maximum Gasteiger partial charge on any atom is 0.241 e. The van der Waals surface area contributed by atoms with Gasteiger partial charge >= 0.3 is 0 Å². The maximum absolute atomic E-state index is 13.5. The first-order chi connectivity index (χ1) is 14.9. The minimum atomic E-state index is -0.466. The number of nitrogens with one attached hydrogen (secondary N) is 1. The van der Waals surface area contributed by atoms with E-state index in [4.69, 9.17) is 16.1 Å². The second-order valence-electron chi connectivity index (χ2n) is 7.59. The van der Waals surface area contributed by atoms with Crippen LogP contribution < -0.4 is 5.32 Å². The molecule has 1 amide bonds. The van der Waals surface area contributed by atoms with Gasteiger partial charge in [-0.2, -0.15) is 4.98 Å². The van der Waals surface area contributed by atoms with Crippen LogP contribution >= 0.6 is 11.6 Å². The van der Waals surface area contributed by atoms with Gasteiger partial charge < -0.3 is 9.84 Å². The molecule has 0 spiro atoms. The molecule has 3 aromatic rings. The van der Waals surface area contributed by atoms with Crippen LogP contribution in [0.5, 0.6) is 0 Å². The molecule has 1 aromatic heterocycles. The van der Waals surface area contributed by atoms with Crippen molar-refractivity contribution in [3.05, 3.63) is 65.0 Å². The van der Waals surface area contributed by atoms with Gasteiger partial charge in [0.15, 0.2) is 0 Å². The number of carbonyl (C=O) groups is 1. The molecule has 0 radical (unpaired) electrons. The minimum Gasteiger partial charge on any atom is -0.339 e. The number of anilines is 1. The van der Waals surface area contributed by atoms with Crippen LogP contribution in [-0.4, -0.2) is 40.1 Å². The van der Waals surface area contributed by atoms with Crippen LogP contribution in [0.25, 0.3) is 11.4 Å². The molecule has 1 aliphatic rings. The quantitative estimate of drug-likeness (QED) is 0.605. The van der Waals surface area contributed by atoms with Crippen LogP contribution in [0, 0.1) is 11.6 Å². The fourth-order valence-corrected chi connectivity index (χ4v) is 3.91. The molecule has 2 unspecified atom stereocenters. The Hall–Kier alpha value is -2.84. The molecule has 4 rings (SSSR count). The van der Waals surface area contributed by atoms with Crippen LogP contribution in [-0.2, 0) is 4.79 Å². The number of nitrogens with zero attached hydrogens (tertiary/aromatic N) is 3. The monoisotopic (exact) mass is 446 g/mol. The number of carbonyl (C=O) groups excluding carboxylic acids is 1. The van der Waals surface area contributed by atoms with Gasteiger partial charge in [0.05, 0.1) is 22.7 Å². The number of likely N-dealkylation sites (tertiary alicyclic amines) is 1. The number of rotatable bonds is 5.